The fraction of sp³-hybridized carbons (Fsp3) is 0.500. The number of rotatable bonds is 6. The Bertz CT molecular complexity index is 414. The Labute approximate surface area is 129 Å². The van der Waals surface area contributed by atoms with E-state index in [1.54, 1.807) is 0 Å². The van der Waals surface area contributed by atoms with Crippen molar-refractivity contribution < 1.29 is 4.79 Å². The fourth-order valence-electron chi connectivity index (χ4n) is 2.22. The number of nitrogens with one attached hydrogen (secondary N) is 1. The number of likely N-dealkylation sites (tertiary alicyclic amines) is 1. The van der Waals surface area contributed by atoms with Crippen LogP contribution < -0.4 is 5.32 Å². The third-order valence-electron chi connectivity index (χ3n) is 3.17. The lowest BCUT2D eigenvalue weighted by Gasteiger charge is -2.15. The molecule has 0 radical (unpaired) electrons. The monoisotopic (exact) mass is 346 g/mol. The largest absolute Gasteiger partial charge is 0.343 e. The van der Waals surface area contributed by atoms with E-state index in [9.17, 15) is 4.79 Å². The van der Waals surface area contributed by atoms with E-state index in [1.165, 1.54) is 5.56 Å². The minimum absolute atomic E-state index is 0. The van der Waals surface area contributed by atoms with Crippen LogP contribution in [0.1, 0.15) is 24.8 Å². The zero-order valence-corrected chi connectivity index (χ0v) is 13.3. The summed E-state index contributed by atoms with van der Waals surface area (Å²) in [6, 6.07) is 8.31. The average molecular weight is 348 g/mol. The van der Waals surface area contributed by atoms with Crippen LogP contribution in [0.25, 0.3) is 0 Å². The summed E-state index contributed by atoms with van der Waals surface area (Å²) in [5, 5.41) is 3.41. The molecule has 1 aliphatic heterocycles. The van der Waals surface area contributed by atoms with Crippen molar-refractivity contribution in [2.24, 2.45) is 0 Å². The summed E-state index contributed by atoms with van der Waals surface area (Å²) in [6.07, 6.45) is 2.80. The molecule has 1 heterocycles. The topological polar surface area (TPSA) is 32.3 Å². The molecule has 3 nitrogen and oxygen atoms in total. The Morgan fingerprint density at radius 3 is 2.89 bits per heavy atom. The Morgan fingerprint density at radius 1 is 1.37 bits per heavy atom. The Morgan fingerprint density at radius 2 is 2.21 bits per heavy atom. The fourth-order valence-corrected chi connectivity index (χ4v) is 2.66. The van der Waals surface area contributed by atoms with Crippen molar-refractivity contribution in [1.29, 1.82) is 0 Å². The van der Waals surface area contributed by atoms with Crippen LogP contribution >= 0.6 is 28.3 Å². The summed E-state index contributed by atoms with van der Waals surface area (Å²) in [5.74, 6) is 0.321. The molecule has 1 fully saturated rings. The van der Waals surface area contributed by atoms with Crippen LogP contribution in [-0.4, -0.2) is 30.4 Å². The van der Waals surface area contributed by atoms with Gasteiger partial charge in [0.2, 0.25) is 5.91 Å². The number of nitrogens with zero attached hydrogens (tertiary/aromatic N) is 1. The molecule has 0 atom stereocenters. The molecule has 1 saturated heterocycles. The second-order valence-corrected chi connectivity index (χ2v) is 5.56. The second kappa shape index (κ2) is 8.56. The van der Waals surface area contributed by atoms with E-state index in [2.05, 4.69) is 33.4 Å². The van der Waals surface area contributed by atoms with Crippen LogP contribution in [0.4, 0.5) is 0 Å². The highest BCUT2D eigenvalue weighted by Gasteiger charge is 2.18. The van der Waals surface area contributed by atoms with Gasteiger partial charge in [-0.2, -0.15) is 0 Å². The molecule has 1 aliphatic rings. The van der Waals surface area contributed by atoms with Gasteiger partial charge < -0.3 is 10.2 Å². The van der Waals surface area contributed by atoms with E-state index >= 15 is 0 Å². The van der Waals surface area contributed by atoms with Gasteiger partial charge in [0.25, 0.3) is 0 Å². The molecule has 1 aromatic rings. The molecular formula is C14H20BrClN2O. The minimum atomic E-state index is 0. The molecule has 19 heavy (non-hydrogen) atoms. The lowest BCUT2D eigenvalue weighted by atomic mass is 10.2. The van der Waals surface area contributed by atoms with E-state index in [4.69, 9.17) is 0 Å². The SMILES string of the molecule is Cl.O=C1CCCN1CCCNCc1cccc(Br)c1. The van der Waals surface area contributed by atoms with Crippen LogP contribution in [0.5, 0.6) is 0 Å². The molecule has 0 bridgehead atoms. The van der Waals surface area contributed by atoms with Crippen molar-refractivity contribution in [2.75, 3.05) is 19.6 Å². The first-order chi connectivity index (χ1) is 8.75. The molecular weight excluding hydrogens is 328 g/mol. The van der Waals surface area contributed by atoms with Gasteiger partial charge >= 0.3 is 0 Å². The van der Waals surface area contributed by atoms with Gasteiger partial charge in [-0.1, -0.05) is 28.1 Å². The third kappa shape index (κ3) is 5.51. The van der Waals surface area contributed by atoms with Gasteiger partial charge in [0.05, 0.1) is 0 Å². The summed E-state index contributed by atoms with van der Waals surface area (Å²) in [4.78, 5) is 13.4. The third-order valence-corrected chi connectivity index (χ3v) is 3.66. The molecule has 0 aromatic heterocycles. The highest BCUT2D eigenvalue weighted by atomic mass is 79.9. The highest BCUT2D eigenvalue weighted by Crippen LogP contribution is 2.11. The lowest BCUT2D eigenvalue weighted by Crippen LogP contribution is -2.28. The van der Waals surface area contributed by atoms with Crippen LogP contribution in [0.2, 0.25) is 0 Å². The van der Waals surface area contributed by atoms with Crippen molar-refractivity contribution in [1.82, 2.24) is 10.2 Å². The highest BCUT2D eigenvalue weighted by molar-refractivity contribution is 9.10. The van der Waals surface area contributed by atoms with Crippen molar-refractivity contribution in [3.63, 3.8) is 0 Å². The second-order valence-electron chi connectivity index (χ2n) is 4.64. The van der Waals surface area contributed by atoms with Crippen molar-refractivity contribution in [2.45, 2.75) is 25.8 Å². The number of hydrogen-bond donors (Lipinski definition) is 1. The summed E-state index contributed by atoms with van der Waals surface area (Å²) >= 11 is 3.46. The Hall–Kier alpha value is -0.580. The quantitative estimate of drug-likeness (QED) is 0.802. The number of benzene rings is 1. The van der Waals surface area contributed by atoms with Crippen LogP contribution in [0.3, 0.4) is 0 Å². The first-order valence-corrected chi connectivity index (χ1v) is 7.28. The summed E-state index contributed by atoms with van der Waals surface area (Å²) in [5.41, 5.74) is 1.28. The number of amides is 1. The van der Waals surface area contributed by atoms with Crippen molar-refractivity contribution in [3.05, 3.63) is 34.3 Å². The van der Waals surface area contributed by atoms with E-state index < -0.39 is 0 Å². The van der Waals surface area contributed by atoms with Crippen LogP contribution in [0.15, 0.2) is 28.7 Å². The minimum Gasteiger partial charge on any atom is -0.343 e. The number of halogens is 2. The predicted molar refractivity (Wildman–Crippen MR) is 83.5 cm³/mol. The smallest absolute Gasteiger partial charge is 0.222 e. The molecule has 1 aromatic carbocycles. The molecule has 2 rings (SSSR count). The molecule has 0 saturated carbocycles. The summed E-state index contributed by atoms with van der Waals surface area (Å²) in [6.45, 7) is 3.68. The van der Waals surface area contributed by atoms with Crippen molar-refractivity contribution in [3.8, 4) is 0 Å². The molecule has 0 unspecified atom stereocenters. The van der Waals surface area contributed by atoms with E-state index in [0.717, 1.165) is 49.9 Å². The maximum atomic E-state index is 11.4. The maximum Gasteiger partial charge on any atom is 0.222 e. The van der Waals surface area contributed by atoms with E-state index in [1.807, 2.05) is 17.0 Å². The van der Waals surface area contributed by atoms with Crippen LogP contribution in [0, 0.1) is 0 Å². The average Bonchev–Trinajstić information content (AvgIpc) is 2.75. The maximum absolute atomic E-state index is 11.4. The van der Waals surface area contributed by atoms with Gasteiger partial charge in [0.1, 0.15) is 0 Å². The number of carbonyl (C=O) groups is 1. The normalized spacial score (nSPS) is 14.6. The zero-order chi connectivity index (χ0) is 12.8. The first kappa shape index (κ1) is 16.5. The van der Waals surface area contributed by atoms with E-state index in [0.29, 0.717) is 5.91 Å². The predicted octanol–water partition coefficient (Wildman–Crippen LogP) is 2.97. The number of hydrogen-bond acceptors (Lipinski definition) is 2. The molecule has 5 heteroatoms. The number of carbonyl (C=O) groups excluding carboxylic acids is 1. The van der Waals surface area contributed by atoms with Gasteiger partial charge in [0.15, 0.2) is 0 Å². The Kier molecular flexibility index (Phi) is 7.42. The van der Waals surface area contributed by atoms with Gasteiger partial charge in [0, 0.05) is 30.5 Å². The van der Waals surface area contributed by atoms with Gasteiger partial charge in [-0.25, -0.2) is 0 Å². The van der Waals surface area contributed by atoms with E-state index in [-0.39, 0.29) is 12.4 Å². The first-order valence-electron chi connectivity index (χ1n) is 6.48. The molecule has 0 aliphatic carbocycles. The molecule has 0 spiro atoms. The standard InChI is InChI=1S/C14H19BrN2O.ClH/c15-13-5-1-4-12(10-13)11-16-7-3-9-17-8-2-6-14(17)18;/h1,4-5,10,16H,2-3,6-9,11H2;1H. The lowest BCUT2D eigenvalue weighted by molar-refractivity contribution is -0.127. The van der Waals surface area contributed by atoms with Crippen molar-refractivity contribution >= 4 is 34.2 Å². The molecule has 1 N–H and O–H groups in total. The molecule has 1 amide bonds. The Balaban J connectivity index is 0.00000180. The van der Waals surface area contributed by atoms with Gasteiger partial charge in [-0.05, 0) is 37.1 Å². The van der Waals surface area contributed by atoms with Crippen LogP contribution in [-0.2, 0) is 11.3 Å². The zero-order valence-electron chi connectivity index (χ0n) is 10.9. The summed E-state index contributed by atoms with van der Waals surface area (Å²) < 4.78 is 1.12. The van der Waals surface area contributed by atoms with Gasteiger partial charge in [-0.3, -0.25) is 4.79 Å². The summed E-state index contributed by atoms with van der Waals surface area (Å²) in [7, 11) is 0. The van der Waals surface area contributed by atoms with Gasteiger partial charge in [-0.15, -0.1) is 12.4 Å². The molecule has 106 valence electrons.